The lowest BCUT2D eigenvalue weighted by molar-refractivity contribution is 0.803. The van der Waals surface area contributed by atoms with Gasteiger partial charge in [0.1, 0.15) is 0 Å². The molecule has 0 bridgehead atoms. The molecule has 0 atom stereocenters. The molecule has 0 aliphatic carbocycles. The van der Waals surface area contributed by atoms with E-state index in [0.29, 0.717) is 0 Å². The van der Waals surface area contributed by atoms with Crippen LogP contribution in [0, 0.1) is 0 Å². The highest BCUT2D eigenvalue weighted by molar-refractivity contribution is 5.91. The van der Waals surface area contributed by atoms with Gasteiger partial charge in [0.15, 0.2) is 0 Å². The number of halogens is 1. The van der Waals surface area contributed by atoms with Gasteiger partial charge in [-0.15, -0.1) is 0 Å². The molecule has 0 spiro atoms. The van der Waals surface area contributed by atoms with Crippen LogP contribution in [0.25, 0.3) is 0 Å². The summed E-state index contributed by atoms with van der Waals surface area (Å²) in [6.45, 7) is 0. The first-order valence-corrected chi connectivity index (χ1v) is 1.29. The highest BCUT2D eigenvalue weighted by atomic mass is 19.1. The topological polar surface area (TPSA) is 12.4 Å². The maximum Gasteiger partial charge on any atom is 0.214 e. The molecule has 0 N–H and O–H groups in total. The highest BCUT2D eigenvalue weighted by Gasteiger charge is 1.90. The van der Waals surface area contributed by atoms with Crippen LogP contribution in [0.4, 0.5) is 4.39 Å². The Labute approximate surface area is 28.8 Å². The molecule has 0 amide bonds. The number of nitrogens with zero attached hydrogens (tertiary/aromatic N) is 1. The Bertz CT molecular complexity index is 93.1. The van der Waals surface area contributed by atoms with Crippen molar-refractivity contribution in [1.82, 2.24) is 0 Å². The molecule has 0 radical (unpaired) electrons. The van der Waals surface area contributed by atoms with Crippen LogP contribution >= 0.6 is 0 Å². The van der Waals surface area contributed by atoms with E-state index in [4.69, 9.17) is 0 Å². The van der Waals surface area contributed by atoms with Gasteiger partial charge in [-0.25, -0.2) is 4.99 Å². The molecule has 0 saturated carbocycles. The first kappa shape index (κ1) is 2.57. The third-order valence-electron chi connectivity index (χ3n) is 0.410. The minimum Gasteiger partial charge on any atom is -0.228 e. The second kappa shape index (κ2) is 0.641. The van der Waals surface area contributed by atoms with E-state index in [9.17, 15) is 4.39 Å². The number of rotatable bonds is 0. The van der Waals surface area contributed by atoms with Gasteiger partial charge in [-0.05, 0) is 0 Å². The smallest absolute Gasteiger partial charge is 0.214 e. The third-order valence-corrected chi connectivity index (χ3v) is 0.410. The van der Waals surface area contributed by atoms with Gasteiger partial charge in [-0.3, -0.25) is 0 Å². The molecule has 1 nitrogen and oxygen atoms in total. The molecule has 2 heteroatoms. The van der Waals surface area contributed by atoms with Gasteiger partial charge >= 0.3 is 0 Å². The summed E-state index contributed by atoms with van der Waals surface area (Å²) >= 11 is 0. The van der Waals surface area contributed by atoms with Crippen LogP contribution in [0.1, 0.15) is 0 Å². The van der Waals surface area contributed by atoms with Crippen molar-refractivity contribution in [2.75, 3.05) is 0 Å². The largest absolute Gasteiger partial charge is 0.228 e. The molecule has 0 saturated heterocycles. The third kappa shape index (κ3) is 0.210. The van der Waals surface area contributed by atoms with Gasteiger partial charge in [-0.1, -0.05) is 0 Å². The fourth-order valence-corrected chi connectivity index (χ4v) is 0.131. The van der Waals surface area contributed by atoms with Gasteiger partial charge in [0, 0.05) is 12.3 Å². The summed E-state index contributed by atoms with van der Waals surface area (Å²) in [4.78, 5) is 3.14. The standard InChI is InChI=1S/C3H2FN/c4-3-1-2-5-3/h1-2H. The van der Waals surface area contributed by atoms with E-state index >= 15 is 0 Å². The molecule has 0 unspecified atom stereocenters. The van der Waals surface area contributed by atoms with E-state index in [2.05, 4.69) is 4.99 Å². The number of aliphatic imine (C=N–C) groups is 1. The average molecular weight is 71.1 g/mol. The van der Waals surface area contributed by atoms with E-state index in [0.717, 1.165) is 0 Å². The number of hydrogen-bond donors (Lipinski definition) is 0. The van der Waals surface area contributed by atoms with Crippen molar-refractivity contribution >= 4 is 5.97 Å². The Hall–Kier alpha value is -0.660. The normalized spacial score (nSPS) is 17.4. The van der Waals surface area contributed by atoms with E-state index in [-0.39, 0.29) is 5.97 Å². The maximum atomic E-state index is 11.2. The molecular weight excluding hydrogens is 69.0 g/mol. The quantitative estimate of drug-likeness (QED) is 0.402. The fraction of sp³-hybridized carbons (Fsp3) is 0. The van der Waals surface area contributed by atoms with Gasteiger partial charge in [0.25, 0.3) is 0 Å². The van der Waals surface area contributed by atoms with Crippen molar-refractivity contribution in [3.05, 3.63) is 12.3 Å². The summed E-state index contributed by atoms with van der Waals surface area (Å²) in [6.07, 6.45) is 2.72. The molecule has 0 fully saturated rings. The molecule has 5 heavy (non-hydrogen) atoms. The van der Waals surface area contributed by atoms with Crippen LogP contribution in [0.2, 0.25) is 0 Å². The predicted octanol–water partition coefficient (Wildman–Crippen LogP) is 0.882. The lowest BCUT2D eigenvalue weighted by Crippen LogP contribution is -1.85. The van der Waals surface area contributed by atoms with E-state index < -0.39 is 0 Å². The van der Waals surface area contributed by atoms with Crippen LogP contribution in [0.3, 0.4) is 0 Å². The zero-order chi connectivity index (χ0) is 3.70. The predicted molar refractivity (Wildman–Crippen MR) is 17.7 cm³/mol. The minimum absolute atomic E-state index is 0.370. The summed E-state index contributed by atoms with van der Waals surface area (Å²) in [6, 6.07) is 0. The van der Waals surface area contributed by atoms with E-state index in [1.807, 2.05) is 0 Å². The molecule has 26 valence electrons. The minimum atomic E-state index is -0.370. The zero-order valence-electron chi connectivity index (χ0n) is 2.48. The first-order valence-electron chi connectivity index (χ1n) is 1.29. The van der Waals surface area contributed by atoms with Gasteiger partial charge in [0.2, 0.25) is 5.97 Å². The van der Waals surface area contributed by atoms with Crippen LogP contribution in [0.5, 0.6) is 0 Å². The fourth-order valence-electron chi connectivity index (χ4n) is 0.131. The molecule has 1 aliphatic heterocycles. The van der Waals surface area contributed by atoms with Crippen molar-refractivity contribution in [3.63, 3.8) is 0 Å². The average Bonchev–Trinajstić information content (AvgIpc) is 1.30. The highest BCUT2D eigenvalue weighted by Crippen LogP contribution is 1.93. The van der Waals surface area contributed by atoms with Crippen molar-refractivity contribution < 1.29 is 4.39 Å². The Morgan fingerprint density at radius 2 is 2.20 bits per heavy atom. The molecule has 1 heterocycles. The lowest BCUT2D eigenvalue weighted by atomic mass is 10.5. The summed E-state index contributed by atoms with van der Waals surface area (Å²) in [5, 5.41) is 0. The SMILES string of the molecule is FC1=NC=C1. The van der Waals surface area contributed by atoms with Crippen LogP contribution in [-0.2, 0) is 0 Å². The monoisotopic (exact) mass is 71.0 g/mol. The zero-order valence-corrected chi connectivity index (χ0v) is 2.48. The van der Waals surface area contributed by atoms with Crippen molar-refractivity contribution in [1.29, 1.82) is 0 Å². The molecule has 0 aromatic carbocycles. The summed E-state index contributed by atoms with van der Waals surface area (Å²) in [5.74, 6) is -0.370. The number of hydrogen-bond acceptors (Lipinski definition) is 1. The molecular formula is C3H2FN. The Balaban J connectivity index is 2.60. The van der Waals surface area contributed by atoms with Crippen LogP contribution < -0.4 is 0 Å². The summed E-state index contributed by atoms with van der Waals surface area (Å²) in [5.41, 5.74) is 0. The first-order chi connectivity index (χ1) is 2.39. The Morgan fingerprint density at radius 1 is 1.80 bits per heavy atom. The van der Waals surface area contributed by atoms with Gasteiger partial charge in [-0.2, -0.15) is 4.39 Å². The van der Waals surface area contributed by atoms with E-state index in [1.54, 1.807) is 0 Å². The summed E-state index contributed by atoms with van der Waals surface area (Å²) < 4.78 is 11.2. The van der Waals surface area contributed by atoms with Gasteiger partial charge in [0.05, 0.1) is 0 Å². The van der Waals surface area contributed by atoms with Crippen LogP contribution in [-0.4, -0.2) is 5.97 Å². The molecule has 0 aromatic heterocycles. The van der Waals surface area contributed by atoms with E-state index in [1.165, 1.54) is 12.3 Å². The lowest BCUT2D eigenvalue weighted by Gasteiger charge is -1.86. The Morgan fingerprint density at radius 3 is 2.20 bits per heavy atom. The van der Waals surface area contributed by atoms with Gasteiger partial charge < -0.3 is 0 Å². The molecule has 1 rings (SSSR count). The summed E-state index contributed by atoms with van der Waals surface area (Å²) in [7, 11) is 0. The maximum absolute atomic E-state index is 11.2. The number of allylic oxidation sites excluding steroid dienone is 1. The molecule has 1 aliphatic rings. The van der Waals surface area contributed by atoms with Crippen molar-refractivity contribution in [3.8, 4) is 0 Å². The van der Waals surface area contributed by atoms with Crippen molar-refractivity contribution in [2.45, 2.75) is 0 Å². The van der Waals surface area contributed by atoms with Crippen molar-refractivity contribution in [2.24, 2.45) is 4.99 Å². The Kier molecular flexibility index (Phi) is 0.330. The van der Waals surface area contributed by atoms with Crippen LogP contribution in [0.15, 0.2) is 17.3 Å². The second-order valence-electron chi connectivity index (χ2n) is 0.768. The second-order valence-corrected chi connectivity index (χ2v) is 0.768. The molecule has 0 aromatic rings.